The van der Waals surface area contributed by atoms with Crippen molar-refractivity contribution in [3.05, 3.63) is 57.6 Å². The Bertz CT molecular complexity index is 1100. The van der Waals surface area contributed by atoms with Crippen LogP contribution in [-0.2, 0) is 18.2 Å². The third-order valence-electron chi connectivity index (χ3n) is 5.77. The van der Waals surface area contributed by atoms with Crippen molar-refractivity contribution in [3.63, 3.8) is 0 Å². The van der Waals surface area contributed by atoms with E-state index in [0.29, 0.717) is 11.9 Å². The quantitative estimate of drug-likeness (QED) is 0.562. The van der Waals surface area contributed by atoms with Gasteiger partial charge < -0.3 is 14.6 Å². The summed E-state index contributed by atoms with van der Waals surface area (Å²) in [4.78, 5) is 16.7. The lowest BCUT2D eigenvalue weighted by Gasteiger charge is -2.33. The van der Waals surface area contributed by atoms with Crippen molar-refractivity contribution in [1.29, 1.82) is 0 Å². The summed E-state index contributed by atoms with van der Waals surface area (Å²) in [6, 6.07) is 7.04. The van der Waals surface area contributed by atoms with Crippen molar-refractivity contribution >= 4 is 27.6 Å². The van der Waals surface area contributed by atoms with E-state index in [4.69, 9.17) is 14.5 Å². The number of ether oxygens (including phenoxy) is 2. The first-order valence-electron chi connectivity index (χ1n) is 10.6. The molecule has 2 aliphatic rings. The van der Waals surface area contributed by atoms with Crippen molar-refractivity contribution < 1.29 is 19.4 Å². The van der Waals surface area contributed by atoms with Gasteiger partial charge in [0, 0.05) is 34.0 Å². The number of carboxylic acids is 1. The third-order valence-corrected chi connectivity index (χ3v) is 6.33. The normalized spacial score (nSPS) is 17.9. The van der Waals surface area contributed by atoms with E-state index in [9.17, 15) is 9.90 Å². The highest BCUT2D eigenvalue weighted by Crippen LogP contribution is 2.51. The van der Waals surface area contributed by atoms with Crippen LogP contribution < -0.4 is 9.47 Å². The number of halogens is 1. The van der Waals surface area contributed by atoms with Gasteiger partial charge in [-0.1, -0.05) is 28.1 Å². The van der Waals surface area contributed by atoms with Crippen molar-refractivity contribution in [1.82, 2.24) is 0 Å². The molecular weight excluding hydrogens is 458 g/mol. The van der Waals surface area contributed by atoms with Gasteiger partial charge in [0.25, 0.3) is 0 Å². The molecule has 2 aromatic carbocycles. The summed E-state index contributed by atoms with van der Waals surface area (Å²) in [7, 11) is 0. The van der Waals surface area contributed by atoms with Gasteiger partial charge in [0.05, 0.1) is 23.4 Å². The molecule has 4 rings (SSSR count). The molecule has 0 bridgehead atoms. The molecule has 0 saturated carbocycles. The SMILES string of the molecule is CCOc1c(CBr)c2c(c3c1OC(C)(C)C3)C(c1cccc(C(=O)O)c1)=NC(C)(C)C2. The van der Waals surface area contributed by atoms with Gasteiger partial charge in [-0.2, -0.15) is 0 Å². The molecule has 2 aromatic rings. The Morgan fingerprint density at radius 2 is 1.97 bits per heavy atom. The lowest BCUT2D eigenvalue weighted by molar-refractivity contribution is 0.0697. The number of fused-ring (bicyclic) bond motifs is 3. The van der Waals surface area contributed by atoms with Gasteiger partial charge in [0.2, 0.25) is 0 Å². The average molecular weight is 486 g/mol. The van der Waals surface area contributed by atoms with Crippen LogP contribution in [-0.4, -0.2) is 34.5 Å². The van der Waals surface area contributed by atoms with E-state index in [2.05, 4.69) is 43.6 Å². The van der Waals surface area contributed by atoms with Crippen molar-refractivity contribution in [2.24, 2.45) is 4.99 Å². The second-order valence-electron chi connectivity index (χ2n) is 9.41. The largest absolute Gasteiger partial charge is 0.490 e. The highest BCUT2D eigenvalue weighted by molar-refractivity contribution is 9.08. The maximum Gasteiger partial charge on any atom is 0.335 e. The Kier molecular flexibility index (Phi) is 5.41. The number of hydrogen-bond acceptors (Lipinski definition) is 4. The Morgan fingerprint density at radius 3 is 2.61 bits per heavy atom. The van der Waals surface area contributed by atoms with E-state index in [-0.39, 0.29) is 16.7 Å². The molecule has 2 aliphatic heterocycles. The van der Waals surface area contributed by atoms with Crippen LogP contribution in [0.25, 0.3) is 0 Å². The predicted molar refractivity (Wildman–Crippen MR) is 125 cm³/mol. The maximum atomic E-state index is 11.6. The number of alkyl halides is 1. The monoisotopic (exact) mass is 485 g/mol. The number of aromatic carboxylic acids is 1. The molecule has 1 N–H and O–H groups in total. The predicted octanol–water partition coefficient (Wildman–Crippen LogP) is 5.56. The Balaban J connectivity index is 2.05. The zero-order valence-electron chi connectivity index (χ0n) is 18.6. The number of rotatable bonds is 5. The van der Waals surface area contributed by atoms with Crippen LogP contribution in [0.15, 0.2) is 29.3 Å². The Morgan fingerprint density at radius 1 is 1.23 bits per heavy atom. The molecule has 0 spiro atoms. The van der Waals surface area contributed by atoms with Gasteiger partial charge >= 0.3 is 5.97 Å². The van der Waals surface area contributed by atoms with Gasteiger partial charge in [-0.05, 0) is 58.7 Å². The summed E-state index contributed by atoms with van der Waals surface area (Å²) in [6.07, 6.45) is 1.52. The van der Waals surface area contributed by atoms with Crippen LogP contribution in [0.1, 0.15) is 72.8 Å². The number of benzene rings is 2. The van der Waals surface area contributed by atoms with E-state index in [1.807, 2.05) is 13.0 Å². The third kappa shape index (κ3) is 3.86. The summed E-state index contributed by atoms with van der Waals surface area (Å²) < 4.78 is 12.5. The zero-order chi connectivity index (χ0) is 22.6. The minimum absolute atomic E-state index is 0.255. The van der Waals surface area contributed by atoms with E-state index in [1.54, 1.807) is 18.2 Å². The van der Waals surface area contributed by atoms with Crippen LogP contribution >= 0.6 is 15.9 Å². The van der Waals surface area contributed by atoms with Crippen LogP contribution in [0.4, 0.5) is 0 Å². The zero-order valence-corrected chi connectivity index (χ0v) is 20.2. The van der Waals surface area contributed by atoms with Crippen LogP contribution in [0.3, 0.4) is 0 Å². The Labute approximate surface area is 191 Å². The molecule has 0 aliphatic carbocycles. The molecule has 5 nitrogen and oxygen atoms in total. The molecule has 2 heterocycles. The number of carboxylic acid groups (broad SMARTS) is 1. The molecular formula is C25H28BrNO4. The van der Waals surface area contributed by atoms with E-state index in [1.165, 1.54) is 5.56 Å². The molecule has 0 saturated heterocycles. The lowest BCUT2D eigenvalue weighted by Crippen LogP contribution is -2.31. The molecule has 0 aromatic heterocycles. The number of aliphatic imine (C=N–C) groups is 1. The fourth-order valence-corrected chi connectivity index (χ4v) is 5.22. The second kappa shape index (κ2) is 7.66. The molecule has 0 unspecified atom stereocenters. The van der Waals surface area contributed by atoms with Gasteiger partial charge in [-0.15, -0.1) is 0 Å². The molecule has 31 heavy (non-hydrogen) atoms. The fraction of sp³-hybridized carbons (Fsp3) is 0.440. The van der Waals surface area contributed by atoms with Crippen LogP contribution in [0, 0.1) is 0 Å². The molecule has 6 heteroatoms. The summed E-state index contributed by atoms with van der Waals surface area (Å²) >= 11 is 3.69. The van der Waals surface area contributed by atoms with Gasteiger partial charge in [-0.3, -0.25) is 4.99 Å². The summed E-state index contributed by atoms with van der Waals surface area (Å²) in [6.45, 7) is 10.9. The van der Waals surface area contributed by atoms with E-state index >= 15 is 0 Å². The molecule has 0 atom stereocenters. The van der Waals surface area contributed by atoms with Crippen molar-refractivity contribution in [2.75, 3.05) is 6.61 Å². The van der Waals surface area contributed by atoms with Crippen molar-refractivity contribution in [3.8, 4) is 11.5 Å². The van der Waals surface area contributed by atoms with Gasteiger partial charge in [0.15, 0.2) is 11.5 Å². The highest BCUT2D eigenvalue weighted by Gasteiger charge is 2.41. The summed E-state index contributed by atoms with van der Waals surface area (Å²) in [5.74, 6) is 0.664. The summed E-state index contributed by atoms with van der Waals surface area (Å²) in [5, 5.41) is 10.2. The van der Waals surface area contributed by atoms with Gasteiger partial charge in [-0.25, -0.2) is 4.79 Å². The fourth-order valence-electron chi connectivity index (χ4n) is 4.63. The summed E-state index contributed by atoms with van der Waals surface area (Å²) in [5.41, 5.74) is 5.68. The number of nitrogens with zero attached hydrogens (tertiary/aromatic N) is 1. The van der Waals surface area contributed by atoms with Crippen LogP contribution in [0.2, 0.25) is 0 Å². The molecule has 164 valence electrons. The minimum Gasteiger partial charge on any atom is -0.490 e. The first-order valence-corrected chi connectivity index (χ1v) is 11.7. The lowest BCUT2D eigenvalue weighted by atomic mass is 9.78. The minimum atomic E-state index is -0.944. The molecule has 0 amide bonds. The van der Waals surface area contributed by atoms with Gasteiger partial charge in [0.1, 0.15) is 5.60 Å². The smallest absolute Gasteiger partial charge is 0.335 e. The van der Waals surface area contributed by atoms with E-state index in [0.717, 1.165) is 52.3 Å². The number of hydrogen-bond donors (Lipinski definition) is 1. The first-order chi connectivity index (χ1) is 14.6. The molecule has 0 radical (unpaired) electrons. The first kappa shape index (κ1) is 21.9. The highest BCUT2D eigenvalue weighted by atomic mass is 79.9. The number of carbonyl (C=O) groups is 1. The van der Waals surface area contributed by atoms with Crippen molar-refractivity contribution in [2.45, 2.75) is 63.9 Å². The maximum absolute atomic E-state index is 11.6. The van der Waals surface area contributed by atoms with E-state index < -0.39 is 5.97 Å². The van der Waals surface area contributed by atoms with Crippen LogP contribution in [0.5, 0.6) is 11.5 Å². The standard InChI is InChI=1S/C25H28BrNO4/c1-6-30-21-18(13-26)16-11-24(2,3)27-20(14-8-7-9-15(10-14)23(28)29)19(16)17-12-25(4,5)31-22(17)21/h7-10H,6,11-13H2,1-5H3,(H,28,29). The molecule has 0 fully saturated rings. The second-order valence-corrected chi connectivity index (χ2v) is 9.97. The Hall–Kier alpha value is -2.34. The topological polar surface area (TPSA) is 68.1 Å². The average Bonchev–Trinajstić information content (AvgIpc) is 3.02.